The molecular formula is C20H28O2P2Se4. The number of hydrogen-bond donors (Lipinski definition) is 0. The van der Waals surface area contributed by atoms with Crippen LogP contribution >= 0.6 is 8.85 Å². The van der Waals surface area contributed by atoms with Gasteiger partial charge in [-0.15, -0.1) is 0 Å². The normalized spacial score (nSPS) is 16.1. The van der Waals surface area contributed by atoms with E-state index in [1.54, 1.807) is 0 Å². The van der Waals surface area contributed by atoms with Crippen molar-refractivity contribution >= 4 is 78.7 Å². The predicted octanol–water partition coefficient (Wildman–Crippen LogP) is 4.59. The first-order valence-corrected chi connectivity index (χ1v) is 23.9. The molecule has 2 aromatic carbocycles. The van der Waals surface area contributed by atoms with E-state index in [4.69, 9.17) is 9.05 Å². The van der Waals surface area contributed by atoms with Gasteiger partial charge in [-0.1, -0.05) is 0 Å². The van der Waals surface area contributed by atoms with E-state index in [0.717, 1.165) is 0 Å². The third-order valence-electron chi connectivity index (χ3n) is 3.45. The van der Waals surface area contributed by atoms with Gasteiger partial charge in [0.2, 0.25) is 0 Å². The molecule has 0 aliphatic heterocycles. The second-order valence-electron chi connectivity index (χ2n) is 6.64. The van der Waals surface area contributed by atoms with Crippen LogP contribution in [-0.2, 0) is 9.05 Å². The molecule has 0 aliphatic rings. The zero-order chi connectivity index (χ0) is 20.6. The molecule has 154 valence electrons. The Balaban J connectivity index is 2.06. The Morgan fingerprint density at radius 1 is 0.679 bits per heavy atom. The van der Waals surface area contributed by atoms with E-state index in [0.29, 0.717) is 29.0 Å². The summed E-state index contributed by atoms with van der Waals surface area (Å²) in [6.45, 7) is 8.55. The summed E-state index contributed by atoms with van der Waals surface area (Å²) in [5.74, 6) is 0. The molecule has 0 spiro atoms. The van der Waals surface area contributed by atoms with Crippen molar-refractivity contribution in [2.45, 2.75) is 50.5 Å². The Hall–Kier alpha value is 1.30. The maximum absolute atomic E-state index is 6.47. The standard InChI is InChI=1S/C20H28O2P2Se4/c1-17(2)21-23(25,19-11-7-5-8-12-19)27-15-16-28-24(26,22-18(3)4)20-13-9-6-10-14-20/h5-14,17-18H,15-16H2,1-4H3. The van der Waals surface area contributed by atoms with Gasteiger partial charge < -0.3 is 0 Å². The predicted molar refractivity (Wildman–Crippen MR) is 131 cm³/mol. The number of benzene rings is 2. The van der Waals surface area contributed by atoms with Gasteiger partial charge in [-0.05, 0) is 0 Å². The quantitative estimate of drug-likeness (QED) is 0.197. The second-order valence-corrected chi connectivity index (χ2v) is 35.5. The van der Waals surface area contributed by atoms with Gasteiger partial charge in [0.1, 0.15) is 0 Å². The average Bonchev–Trinajstić information content (AvgIpc) is 2.66. The molecule has 2 rings (SSSR count). The third-order valence-corrected chi connectivity index (χ3v) is 30.9. The molecule has 0 saturated heterocycles. The van der Waals surface area contributed by atoms with Crippen LogP contribution in [0.1, 0.15) is 27.7 Å². The first kappa shape index (κ1) is 25.6. The zero-order valence-electron chi connectivity index (χ0n) is 16.7. The molecule has 2 aromatic rings. The van der Waals surface area contributed by atoms with E-state index < -0.39 is 8.85 Å². The van der Waals surface area contributed by atoms with E-state index in [1.165, 1.54) is 21.2 Å². The van der Waals surface area contributed by atoms with E-state index in [2.05, 4.69) is 119 Å². The van der Waals surface area contributed by atoms with E-state index in [9.17, 15) is 0 Å². The summed E-state index contributed by atoms with van der Waals surface area (Å²) in [6, 6.07) is 21.5. The van der Waals surface area contributed by atoms with E-state index in [-0.39, 0.29) is 12.2 Å². The minimum atomic E-state index is -1.65. The van der Waals surface area contributed by atoms with Crippen molar-refractivity contribution in [3.63, 3.8) is 0 Å². The molecule has 2 unspecified atom stereocenters. The molecule has 0 saturated carbocycles. The summed E-state index contributed by atoms with van der Waals surface area (Å²) in [4.78, 5) is 0. The number of rotatable bonds is 11. The Morgan fingerprint density at radius 2 is 1.00 bits per heavy atom. The second kappa shape index (κ2) is 12.4. The molecule has 0 amide bonds. The molecule has 8 heteroatoms. The average molecular weight is 678 g/mol. The fourth-order valence-corrected chi connectivity index (χ4v) is 29.7. The first-order valence-electron chi connectivity index (χ1n) is 9.22. The molecule has 2 atom stereocenters. The summed E-state index contributed by atoms with van der Waals surface area (Å²) < 4.78 is 9.63. The Morgan fingerprint density at radius 3 is 1.29 bits per heavy atom. The molecule has 0 fully saturated rings. The van der Waals surface area contributed by atoms with E-state index >= 15 is 0 Å². The first-order chi connectivity index (χ1) is 13.3. The molecule has 0 radical (unpaired) electrons. The van der Waals surface area contributed by atoms with Gasteiger partial charge in [0.25, 0.3) is 0 Å². The van der Waals surface area contributed by atoms with Crippen molar-refractivity contribution in [3.05, 3.63) is 60.7 Å². The summed E-state index contributed by atoms with van der Waals surface area (Å²) >= 11 is 7.82. The van der Waals surface area contributed by atoms with Crippen molar-refractivity contribution < 1.29 is 9.05 Å². The monoisotopic (exact) mass is 682 g/mol. The molecule has 0 aromatic heterocycles. The van der Waals surface area contributed by atoms with Gasteiger partial charge >= 0.3 is 199 Å². The van der Waals surface area contributed by atoms with Gasteiger partial charge in [-0.2, -0.15) is 0 Å². The van der Waals surface area contributed by atoms with Crippen molar-refractivity contribution in [2.24, 2.45) is 0 Å². The fourth-order valence-electron chi connectivity index (χ4n) is 2.42. The van der Waals surface area contributed by atoms with Crippen molar-refractivity contribution in [1.82, 2.24) is 0 Å². The Labute approximate surface area is 197 Å². The summed E-state index contributed by atoms with van der Waals surface area (Å²) in [6.07, 6.45) is 0.476. The van der Waals surface area contributed by atoms with Gasteiger partial charge in [0, 0.05) is 0 Å². The molecule has 28 heavy (non-hydrogen) atoms. The minimum absolute atomic E-state index is 0.238. The summed E-state index contributed by atoms with van der Waals surface area (Å²) in [5, 5.41) is 5.13. The van der Waals surface area contributed by atoms with Crippen LogP contribution in [0.3, 0.4) is 0 Å². The van der Waals surface area contributed by atoms with Gasteiger partial charge in [0.15, 0.2) is 0 Å². The maximum atomic E-state index is 6.47. The van der Waals surface area contributed by atoms with Crippen LogP contribution < -0.4 is 10.6 Å². The van der Waals surface area contributed by atoms with Crippen LogP contribution in [0.15, 0.2) is 60.7 Å². The topological polar surface area (TPSA) is 18.5 Å². The van der Waals surface area contributed by atoms with Crippen molar-refractivity contribution in [3.8, 4) is 0 Å². The molecule has 2 nitrogen and oxygen atoms in total. The Kier molecular flexibility index (Phi) is 11.3. The van der Waals surface area contributed by atoms with Crippen LogP contribution in [0.5, 0.6) is 0 Å². The van der Waals surface area contributed by atoms with Crippen molar-refractivity contribution in [2.75, 3.05) is 0 Å². The molecular weight excluding hydrogens is 650 g/mol. The van der Waals surface area contributed by atoms with Crippen LogP contribution in [0, 0.1) is 0 Å². The van der Waals surface area contributed by atoms with Crippen LogP contribution in [0.25, 0.3) is 0 Å². The molecule has 0 N–H and O–H groups in total. The fraction of sp³-hybridized carbons (Fsp3) is 0.400. The van der Waals surface area contributed by atoms with Crippen molar-refractivity contribution in [1.29, 1.82) is 0 Å². The zero-order valence-corrected chi connectivity index (χ0v) is 25.3. The molecule has 0 bridgehead atoms. The SMILES string of the molecule is CC(C)OP(=[Se])([Se]CC[Se]P(=[Se])(OC(C)C)c1ccccc1)c1ccccc1. The van der Waals surface area contributed by atoms with Crippen LogP contribution in [0.4, 0.5) is 0 Å². The molecule has 0 aliphatic carbocycles. The molecule has 0 heterocycles. The third kappa shape index (κ3) is 8.09. The van der Waals surface area contributed by atoms with Gasteiger partial charge in [0.05, 0.1) is 0 Å². The Bertz CT molecular complexity index is 744. The summed E-state index contributed by atoms with van der Waals surface area (Å²) in [5.41, 5.74) is 0. The van der Waals surface area contributed by atoms with Crippen LogP contribution in [0.2, 0.25) is 10.6 Å². The van der Waals surface area contributed by atoms with E-state index in [1.807, 2.05) is 0 Å². The van der Waals surface area contributed by atoms with Crippen LogP contribution in [-0.4, -0.2) is 71.4 Å². The number of hydrogen-bond acceptors (Lipinski definition) is 2. The van der Waals surface area contributed by atoms with Gasteiger partial charge in [-0.25, -0.2) is 0 Å². The van der Waals surface area contributed by atoms with Gasteiger partial charge in [-0.3, -0.25) is 0 Å². The summed E-state index contributed by atoms with van der Waals surface area (Å²) in [7, 11) is 0.